The number of hydrogen-bond donors (Lipinski definition) is 1. The molecule has 0 radical (unpaired) electrons. The van der Waals surface area contributed by atoms with Crippen molar-refractivity contribution in [1.29, 1.82) is 0 Å². The molecule has 0 aromatic heterocycles. The SMILES string of the molecule is CCCCN(CCCC)C(=O)CN1C[C@@H](c2ccc3c(c2)OCO3)[C@H](C(=O)O)[C@H]1CCCC(C)C. The maximum absolute atomic E-state index is 13.4. The van der Waals surface area contributed by atoms with Gasteiger partial charge in [0.2, 0.25) is 12.7 Å². The number of carbonyl (C=O) groups is 2. The number of amides is 1. The van der Waals surface area contributed by atoms with Crippen molar-refractivity contribution in [2.24, 2.45) is 11.8 Å². The summed E-state index contributed by atoms with van der Waals surface area (Å²) >= 11 is 0. The van der Waals surface area contributed by atoms with Crippen molar-refractivity contribution in [3.05, 3.63) is 23.8 Å². The number of aliphatic carboxylic acids is 1. The minimum Gasteiger partial charge on any atom is -0.481 e. The fourth-order valence-electron chi connectivity index (χ4n) is 5.40. The molecule has 2 heterocycles. The summed E-state index contributed by atoms with van der Waals surface area (Å²) in [6.07, 6.45) is 6.87. The number of carboxylic acids is 1. The predicted octanol–water partition coefficient (Wildman–Crippen LogP) is 5.14. The van der Waals surface area contributed by atoms with Gasteiger partial charge in [0.15, 0.2) is 11.5 Å². The van der Waals surface area contributed by atoms with E-state index in [0.717, 1.165) is 63.6 Å². The van der Waals surface area contributed by atoms with Crippen molar-refractivity contribution >= 4 is 11.9 Å². The second-order valence-electron chi connectivity index (χ2n) is 10.5. The Morgan fingerprint density at radius 3 is 2.40 bits per heavy atom. The van der Waals surface area contributed by atoms with Crippen LogP contribution in [0.3, 0.4) is 0 Å². The van der Waals surface area contributed by atoms with E-state index >= 15 is 0 Å². The van der Waals surface area contributed by atoms with E-state index in [-0.39, 0.29) is 31.2 Å². The van der Waals surface area contributed by atoms with E-state index in [0.29, 0.717) is 24.0 Å². The normalized spacial score (nSPS) is 21.6. The number of nitrogens with zero attached hydrogens (tertiary/aromatic N) is 2. The lowest BCUT2D eigenvalue weighted by Gasteiger charge is -2.30. The minimum atomic E-state index is -0.786. The Kier molecular flexibility index (Phi) is 10.3. The number of unbranched alkanes of at least 4 members (excludes halogenated alkanes) is 2. The van der Waals surface area contributed by atoms with Crippen LogP contribution in [0.1, 0.15) is 84.1 Å². The number of fused-ring (bicyclic) bond motifs is 1. The van der Waals surface area contributed by atoms with Crippen LogP contribution in [0, 0.1) is 11.8 Å². The molecule has 1 N–H and O–H groups in total. The Morgan fingerprint density at radius 2 is 1.77 bits per heavy atom. The third kappa shape index (κ3) is 7.12. The second kappa shape index (κ2) is 13.1. The molecule has 3 atom stereocenters. The zero-order valence-electron chi connectivity index (χ0n) is 22.0. The first-order valence-electron chi connectivity index (χ1n) is 13.5. The smallest absolute Gasteiger partial charge is 0.308 e. The molecule has 0 spiro atoms. The fourth-order valence-corrected chi connectivity index (χ4v) is 5.40. The summed E-state index contributed by atoms with van der Waals surface area (Å²) in [5.41, 5.74) is 0.944. The van der Waals surface area contributed by atoms with Gasteiger partial charge in [-0.3, -0.25) is 14.5 Å². The van der Waals surface area contributed by atoms with Crippen LogP contribution in [-0.4, -0.2) is 65.8 Å². The van der Waals surface area contributed by atoms with E-state index in [1.165, 1.54) is 0 Å². The fraction of sp³-hybridized carbons (Fsp3) is 0.714. The van der Waals surface area contributed by atoms with E-state index in [2.05, 4.69) is 32.6 Å². The van der Waals surface area contributed by atoms with E-state index in [9.17, 15) is 14.7 Å². The van der Waals surface area contributed by atoms with E-state index in [1.54, 1.807) is 0 Å². The molecule has 0 aliphatic carbocycles. The number of likely N-dealkylation sites (tertiary alicyclic amines) is 1. The van der Waals surface area contributed by atoms with Crippen molar-refractivity contribution in [2.45, 2.75) is 84.6 Å². The number of carbonyl (C=O) groups excluding carboxylic acids is 1. The zero-order chi connectivity index (χ0) is 25.4. The quantitative estimate of drug-likeness (QED) is 0.391. The van der Waals surface area contributed by atoms with Crippen LogP contribution >= 0.6 is 0 Å². The third-order valence-corrected chi connectivity index (χ3v) is 7.39. The lowest BCUT2D eigenvalue weighted by atomic mass is 9.83. The molecule has 1 amide bonds. The molecule has 7 nitrogen and oxygen atoms in total. The topological polar surface area (TPSA) is 79.3 Å². The van der Waals surface area contributed by atoms with Gasteiger partial charge in [0.25, 0.3) is 0 Å². The maximum Gasteiger partial charge on any atom is 0.308 e. The third-order valence-electron chi connectivity index (χ3n) is 7.39. The molecule has 3 rings (SSSR count). The number of carboxylic acid groups (broad SMARTS) is 1. The summed E-state index contributed by atoms with van der Waals surface area (Å²) in [7, 11) is 0. The first-order chi connectivity index (χ1) is 16.8. The highest BCUT2D eigenvalue weighted by molar-refractivity contribution is 5.79. The summed E-state index contributed by atoms with van der Waals surface area (Å²) in [5, 5.41) is 10.3. The molecule has 1 fully saturated rings. The van der Waals surface area contributed by atoms with Crippen LogP contribution in [0.15, 0.2) is 18.2 Å². The van der Waals surface area contributed by atoms with Gasteiger partial charge in [0, 0.05) is 31.6 Å². The average molecular weight is 489 g/mol. The largest absolute Gasteiger partial charge is 0.481 e. The average Bonchev–Trinajstić information content (AvgIpc) is 3.43. The molecule has 7 heteroatoms. The van der Waals surface area contributed by atoms with Gasteiger partial charge in [-0.25, -0.2) is 0 Å². The Hall–Kier alpha value is -2.28. The minimum absolute atomic E-state index is 0.122. The van der Waals surface area contributed by atoms with Crippen LogP contribution in [0.4, 0.5) is 0 Å². The summed E-state index contributed by atoms with van der Waals surface area (Å²) in [6, 6.07) is 5.59. The molecule has 1 saturated heterocycles. The molecule has 0 saturated carbocycles. The molecule has 0 unspecified atom stereocenters. The van der Waals surface area contributed by atoms with Gasteiger partial charge in [-0.2, -0.15) is 0 Å². The number of hydrogen-bond acceptors (Lipinski definition) is 5. The first kappa shape index (κ1) is 27.3. The highest BCUT2D eigenvalue weighted by Gasteiger charge is 2.47. The predicted molar refractivity (Wildman–Crippen MR) is 137 cm³/mol. The molecule has 1 aromatic carbocycles. The van der Waals surface area contributed by atoms with Gasteiger partial charge < -0.3 is 19.5 Å². The molecular weight excluding hydrogens is 444 g/mol. The standard InChI is InChI=1S/C28H44N2O5/c1-5-7-14-29(15-8-6-2)26(31)18-30-17-22(21-12-13-24-25(16-21)35-19-34-24)27(28(32)33)23(30)11-9-10-20(3)4/h12-13,16,20,22-23,27H,5-11,14-15,17-19H2,1-4H3,(H,32,33)/t22-,23+,27-/m0/s1. The molecule has 35 heavy (non-hydrogen) atoms. The summed E-state index contributed by atoms with van der Waals surface area (Å²) in [6.45, 7) is 11.2. The van der Waals surface area contributed by atoms with Crippen LogP contribution < -0.4 is 9.47 Å². The molecule has 196 valence electrons. The van der Waals surface area contributed by atoms with Gasteiger partial charge in [-0.1, -0.05) is 59.4 Å². The van der Waals surface area contributed by atoms with E-state index in [1.807, 2.05) is 23.1 Å². The van der Waals surface area contributed by atoms with E-state index in [4.69, 9.17) is 9.47 Å². The van der Waals surface area contributed by atoms with Gasteiger partial charge in [0.05, 0.1) is 12.5 Å². The van der Waals surface area contributed by atoms with Crippen molar-refractivity contribution < 1.29 is 24.2 Å². The van der Waals surface area contributed by atoms with Gasteiger partial charge in [0.1, 0.15) is 0 Å². The van der Waals surface area contributed by atoms with Crippen molar-refractivity contribution in [2.75, 3.05) is 33.0 Å². The number of benzene rings is 1. The second-order valence-corrected chi connectivity index (χ2v) is 10.5. The summed E-state index contributed by atoms with van der Waals surface area (Å²) in [5.74, 6) is 0.512. The van der Waals surface area contributed by atoms with Crippen LogP contribution in [0.2, 0.25) is 0 Å². The highest BCUT2D eigenvalue weighted by atomic mass is 16.7. The molecular formula is C28H44N2O5. The zero-order valence-corrected chi connectivity index (χ0v) is 22.0. The van der Waals surface area contributed by atoms with Crippen LogP contribution in [-0.2, 0) is 9.59 Å². The Bertz CT molecular complexity index is 835. The molecule has 2 aliphatic rings. The lowest BCUT2D eigenvalue weighted by Crippen LogP contribution is -2.44. The van der Waals surface area contributed by atoms with Crippen molar-refractivity contribution in [3.8, 4) is 11.5 Å². The Labute approximate surface area is 210 Å². The highest BCUT2D eigenvalue weighted by Crippen LogP contribution is 2.43. The lowest BCUT2D eigenvalue weighted by molar-refractivity contribution is -0.144. The summed E-state index contributed by atoms with van der Waals surface area (Å²) in [4.78, 5) is 30.2. The monoisotopic (exact) mass is 488 g/mol. The van der Waals surface area contributed by atoms with Gasteiger partial charge in [-0.15, -0.1) is 0 Å². The van der Waals surface area contributed by atoms with Crippen molar-refractivity contribution in [3.63, 3.8) is 0 Å². The summed E-state index contributed by atoms with van der Waals surface area (Å²) < 4.78 is 11.0. The molecule has 0 bridgehead atoms. The Balaban J connectivity index is 1.83. The maximum atomic E-state index is 13.4. The first-order valence-corrected chi connectivity index (χ1v) is 13.5. The molecule has 2 aliphatic heterocycles. The molecule has 1 aromatic rings. The van der Waals surface area contributed by atoms with Gasteiger partial charge in [-0.05, 0) is 42.9 Å². The van der Waals surface area contributed by atoms with Crippen molar-refractivity contribution in [1.82, 2.24) is 9.80 Å². The van der Waals surface area contributed by atoms with Crippen LogP contribution in [0.5, 0.6) is 11.5 Å². The number of ether oxygens (including phenoxy) is 2. The number of rotatable bonds is 14. The van der Waals surface area contributed by atoms with Crippen LogP contribution in [0.25, 0.3) is 0 Å². The van der Waals surface area contributed by atoms with E-state index < -0.39 is 11.9 Å². The Morgan fingerprint density at radius 1 is 1.09 bits per heavy atom. The van der Waals surface area contributed by atoms with Gasteiger partial charge >= 0.3 is 5.97 Å².